The van der Waals surface area contributed by atoms with E-state index in [4.69, 9.17) is 0 Å². The summed E-state index contributed by atoms with van der Waals surface area (Å²) in [5, 5.41) is 0. The van der Waals surface area contributed by atoms with Gasteiger partial charge in [-0.3, -0.25) is 0 Å². The van der Waals surface area contributed by atoms with Crippen LogP contribution in [-0.4, -0.2) is 5.48 Å². The molecule has 0 spiro atoms. The van der Waals surface area contributed by atoms with Crippen molar-refractivity contribution in [3.05, 3.63) is 0 Å². The Morgan fingerprint density at radius 2 is 0.750 bits per heavy atom. The first-order valence-corrected chi connectivity index (χ1v) is 0. The van der Waals surface area contributed by atoms with Gasteiger partial charge in [0.2, 0.25) is 0 Å². The summed E-state index contributed by atoms with van der Waals surface area (Å²) in [5.74, 6) is 0. The van der Waals surface area contributed by atoms with E-state index < -0.39 is 0 Å². The first kappa shape index (κ1) is 380. The lowest BCUT2D eigenvalue weighted by atomic mass is 14.0. The maximum Gasteiger partial charge on any atom is -0.369 e. The summed E-state index contributed by atoms with van der Waals surface area (Å²) in [7, 11) is 0. The molecular weight excluding hydrogens is 124 g/mol. The van der Waals surface area contributed by atoms with Gasteiger partial charge in [0.15, 0.2) is 0 Å². The Hall–Kier alpha value is 0.360. The first-order chi connectivity index (χ1) is 0. The summed E-state index contributed by atoms with van der Waals surface area (Å²) in [6.45, 7) is 0. The lowest BCUT2D eigenvalue weighted by molar-refractivity contribution is -0.00000215. The molecule has 0 aliphatic heterocycles. The van der Waals surface area contributed by atoms with Crippen LogP contribution < -0.4 is 29.3 Å². The molecule has 0 aromatic heterocycles. The normalized spacial score (nSPS) is 0. The SMILES string of the molecule is [Br-].[NH4+].[NH4+].[OH-]. The van der Waals surface area contributed by atoms with Gasteiger partial charge in [-0.05, 0) is 0 Å². The van der Waals surface area contributed by atoms with E-state index in [9.17, 15) is 0 Å². The predicted molar refractivity (Wildman–Crippen MR) is 13.9 cm³/mol. The maximum atomic E-state index is 0. The Morgan fingerprint density at radius 1 is 0.750 bits per heavy atom. The van der Waals surface area contributed by atoms with Gasteiger partial charge in [0, 0.05) is 0 Å². The summed E-state index contributed by atoms with van der Waals surface area (Å²) >= 11 is 0. The van der Waals surface area contributed by atoms with Crippen LogP contribution in [0.4, 0.5) is 0 Å². The molecule has 32 valence electrons. The zero-order chi connectivity index (χ0) is 0. The minimum atomic E-state index is 0. The van der Waals surface area contributed by atoms with Crippen molar-refractivity contribution in [1.82, 2.24) is 12.3 Å². The van der Waals surface area contributed by atoms with Crippen molar-refractivity contribution in [2.24, 2.45) is 0 Å². The van der Waals surface area contributed by atoms with E-state index in [0.29, 0.717) is 0 Å². The molecule has 0 rings (SSSR count). The molecule has 3 nitrogen and oxygen atoms in total. The van der Waals surface area contributed by atoms with E-state index in [-0.39, 0.29) is 34.8 Å². The van der Waals surface area contributed by atoms with Crippen LogP contribution in [0.25, 0.3) is 0 Å². The molecule has 0 bridgehead atoms. The van der Waals surface area contributed by atoms with Crippen molar-refractivity contribution in [3.8, 4) is 0 Å². The van der Waals surface area contributed by atoms with Crippen LogP contribution in [0.15, 0.2) is 0 Å². The summed E-state index contributed by atoms with van der Waals surface area (Å²) in [6.07, 6.45) is 0. The monoisotopic (exact) mass is 132 g/mol. The van der Waals surface area contributed by atoms with Gasteiger partial charge in [0.1, 0.15) is 0 Å². The maximum absolute atomic E-state index is 0. The minimum Gasteiger partial charge on any atom is -1.00 e. The van der Waals surface area contributed by atoms with Gasteiger partial charge in [-0.1, -0.05) is 0 Å². The van der Waals surface area contributed by atoms with Gasteiger partial charge in [0.25, 0.3) is 0 Å². The van der Waals surface area contributed by atoms with E-state index >= 15 is 0 Å². The fraction of sp³-hybridized carbons (Fsp3) is 0. The van der Waals surface area contributed by atoms with Gasteiger partial charge in [-0.15, -0.1) is 0 Å². The molecule has 0 unspecified atom stereocenters. The van der Waals surface area contributed by atoms with Gasteiger partial charge in [-0.25, -0.2) is 0 Å². The molecule has 0 fully saturated rings. The van der Waals surface area contributed by atoms with Crippen molar-refractivity contribution in [1.29, 1.82) is 0 Å². The fourth-order valence-corrected chi connectivity index (χ4v) is 0. The molecule has 0 radical (unpaired) electrons. The quantitative estimate of drug-likeness (QED) is 0.377. The Labute approximate surface area is 35.6 Å². The number of hydrogen-bond acceptors (Lipinski definition) is 1. The topological polar surface area (TPSA) is 103 Å². The molecule has 4 heteroatoms. The second-order valence-corrected chi connectivity index (χ2v) is 0. The van der Waals surface area contributed by atoms with E-state index in [1.807, 2.05) is 0 Å². The second-order valence-electron chi connectivity index (χ2n) is 0. The van der Waals surface area contributed by atoms with Gasteiger partial charge >= 0.3 is 0 Å². The average Bonchev–Trinajstić information content (AvgIpc) is 0. The Bertz CT molecular complexity index is 6.00. The van der Waals surface area contributed by atoms with E-state index in [1.54, 1.807) is 0 Å². The molecule has 0 aromatic carbocycles. The number of quaternary nitrogens is 2. The highest BCUT2D eigenvalue weighted by molar-refractivity contribution is 2.14. The molecule has 9 N–H and O–H groups in total. The number of halogens is 1. The molecule has 0 heterocycles. The standard InChI is InChI=1S/BrH.2H3N.H2O/h1H;2*1H3;1H2. The summed E-state index contributed by atoms with van der Waals surface area (Å²) in [4.78, 5) is 0. The summed E-state index contributed by atoms with van der Waals surface area (Å²) in [6, 6.07) is 0. The van der Waals surface area contributed by atoms with Gasteiger partial charge in [0.05, 0.1) is 0 Å². The number of rotatable bonds is 0. The van der Waals surface area contributed by atoms with Crippen LogP contribution in [0, 0.1) is 0 Å². The van der Waals surface area contributed by atoms with Gasteiger partial charge in [-0.2, -0.15) is 0 Å². The largest absolute Gasteiger partial charge is 1.00 e. The number of hydrogen-bond donors (Lipinski definition) is 2. The molecule has 0 saturated heterocycles. The molecule has 0 aliphatic carbocycles. The van der Waals surface area contributed by atoms with Crippen molar-refractivity contribution in [2.45, 2.75) is 0 Å². The van der Waals surface area contributed by atoms with Crippen molar-refractivity contribution in [2.75, 3.05) is 0 Å². The highest BCUT2D eigenvalue weighted by Gasteiger charge is -0.368. The highest BCUT2D eigenvalue weighted by Crippen LogP contribution is -0.289. The lowest BCUT2D eigenvalue weighted by Crippen LogP contribution is -3.00. The van der Waals surface area contributed by atoms with Crippen molar-refractivity contribution < 1.29 is 22.5 Å². The zero-order valence-electron chi connectivity index (χ0n) is 2.83. The molecular formula is H9BrN2O. The lowest BCUT2D eigenvalue weighted by Gasteiger charge is -1.00. The Balaban J connectivity index is 0. The van der Waals surface area contributed by atoms with Crippen molar-refractivity contribution >= 4 is 0 Å². The third kappa shape index (κ3) is 33.7. The summed E-state index contributed by atoms with van der Waals surface area (Å²) in [5.41, 5.74) is 0. The zero-order valence-corrected chi connectivity index (χ0v) is 4.41. The van der Waals surface area contributed by atoms with E-state index in [1.165, 1.54) is 0 Å². The highest BCUT2D eigenvalue weighted by atomic mass is 79.9. The third-order valence-electron chi connectivity index (χ3n) is 0. The van der Waals surface area contributed by atoms with Gasteiger partial charge < -0.3 is 34.8 Å². The Kier molecular flexibility index (Phi) is 13700. The molecule has 0 atom stereocenters. The average molecular weight is 133 g/mol. The molecule has 0 aromatic rings. The Morgan fingerprint density at radius 3 is 0.750 bits per heavy atom. The van der Waals surface area contributed by atoms with E-state index in [0.717, 1.165) is 0 Å². The molecule has 4 heavy (non-hydrogen) atoms. The van der Waals surface area contributed by atoms with Crippen LogP contribution in [0.1, 0.15) is 0 Å². The second kappa shape index (κ2) is 144. The summed E-state index contributed by atoms with van der Waals surface area (Å²) < 4.78 is 0. The van der Waals surface area contributed by atoms with Crippen LogP contribution in [-0.2, 0) is 0 Å². The van der Waals surface area contributed by atoms with Crippen LogP contribution in [0.3, 0.4) is 0 Å². The van der Waals surface area contributed by atoms with Crippen molar-refractivity contribution in [3.63, 3.8) is 0 Å². The molecule has 0 aliphatic rings. The van der Waals surface area contributed by atoms with Crippen LogP contribution in [0.5, 0.6) is 0 Å². The minimum absolute atomic E-state index is 0. The molecule has 0 saturated carbocycles. The first-order valence-electron chi connectivity index (χ1n) is 0. The van der Waals surface area contributed by atoms with E-state index in [2.05, 4.69) is 0 Å². The smallest absolute Gasteiger partial charge is 0.369 e. The predicted octanol–water partition coefficient (Wildman–Crippen LogP) is -2.42. The third-order valence-corrected chi connectivity index (χ3v) is 0. The fourth-order valence-electron chi connectivity index (χ4n) is 0. The molecule has 0 amide bonds. The van der Waals surface area contributed by atoms with Crippen LogP contribution in [0.2, 0.25) is 0 Å². The van der Waals surface area contributed by atoms with Crippen LogP contribution >= 0.6 is 0 Å².